The number of allylic oxidation sites excluding steroid dienone is 1. The largest absolute Gasteiger partial charge is 0.235 e. The molecule has 0 N–H and O–H groups in total. The Balaban J connectivity index is 3.11. The lowest BCUT2D eigenvalue weighted by atomic mass is 10.2. The predicted molar refractivity (Wildman–Crippen MR) is 41.7 cm³/mol. The summed E-state index contributed by atoms with van der Waals surface area (Å²) in [6.07, 6.45) is 8.93. The summed E-state index contributed by atoms with van der Waals surface area (Å²) < 4.78 is 0. The molecule has 0 fully saturated rings. The molecule has 0 saturated carbocycles. The van der Waals surface area contributed by atoms with Crippen LogP contribution < -0.4 is 0 Å². The molecule has 0 aromatic carbocycles. The molecule has 0 aliphatic heterocycles. The van der Waals surface area contributed by atoms with Crippen molar-refractivity contribution in [3.63, 3.8) is 0 Å². The average molecular weight is 139 g/mol. The molecule has 56 valence electrons. The number of hydrogen-bond acceptors (Lipinski definition) is 2. The summed E-state index contributed by atoms with van der Waals surface area (Å²) in [5, 5.41) is 0. The third-order valence-corrected chi connectivity index (χ3v) is 1.15. The minimum absolute atomic E-state index is 0.479. The average Bonchev–Trinajstić information content (AvgIpc) is 1.97. The molecule has 0 bridgehead atoms. The maximum absolute atomic E-state index is 9.57. The lowest BCUT2D eigenvalue weighted by Gasteiger charge is -1.85. The van der Waals surface area contributed by atoms with Crippen molar-refractivity contribution >= 4 is 6.08 Å². The zero-order valence-electron chi connectivity index (χ0n) is 6.34. The van der Waals surface area contributed by atoms with Crippen LogP contribution in [0.4, 0.5) is 0 Å². The van der Waals surface area contributed by atoms with Crippen LogP contribution in [0.3, 0.4) is 0 Å². The number of unbranched alkanes of at least 4 members (excludes halogenated alkanes) is 2. The van der Waals surface area contributed by atoms with Crippen LogP contribution in [-0.4, -0.2) is 12.6 Å². The van der Waals surface area contributed by atoms with Gasteiger partial charge in [0, 0.05) is 0 Å². The molecule has 0 spiro atoms. The van der Waals surface area contributed by atoms with Crippen LogP contribution in [0, 0.1) is 0 Å². The molecule has 0 unspecified atom stereocenters. The monoisotopic (exact) mass is 139 g/mol. The molecule has 0 aromatic rings. The van der Waals surface area contributed by atoms with Gasteiger partial charge in [-0.1, -0.05) is 31.9 Å². The second-order valence-corrected chi connectivity index (χ2v) is 2.05. The van der Waals surface area contributed by atoms with Gasteiger partial charge < -0.3 is 0 Å². The van der Waals surface area contributed by atoms with Crippen molar-refractivity contribution in [1.29, 1.82) is 0 Å². The van der Waals surface area contributed by atoms with Crippen LogP contribution in [-0.2, 0) is 4.79 Å². The van der Waals surface area contributed by atoms with Crippen molar-refractivity contribution < 1.29 is 4.79 Å². The number of isocyanates is 1. The van der Waals surface area contributed by atoms with Gasteiger partial charge in [0.2, 0.25) is 6.08 Å². The Morgan fingerprint density at radius 2 is 2.30 bits per heavy atom. The SMILES string of the molecule is CCCC/C=C/CN=C=O. The van der Waals surface area contributed by atoms with Crippen LogP contribution in [0.2, 0.25) is 0 Å². The lowest BCUT2D eigenvalue weighted by Crippen LogP contribution is -1.71. The Morgan fingerprint density at radius 1 is 1.50 bits per heavy atom. The quantitative estimate of drug-likeness (QED) is 0.248. The standard InChI is InChI=1S/C8H13NO/c1-2-3-4-5-6-7-9-8-10/h5-6H,2-4,7H2,1H3/b6-5+. The van der Waals surface area contributed by atoms with E-state index in [0.29, 0.717) is 6.54 Å². The van der Waals surface area contributed by atoms with E-state index in [1.807, 2.05) is 12.2 Å². The highest BCUT2D eigenvalue weighted by molar-refractivity contribution is 5.33. The van der Waals surface area contributed by atoms with Gasteiger partial charge in [-0.3, -0.25) is 0 Å². The van der Waals surface area contributed by atoms with E-state index < -0.39 is 0 Å². The number of rotatable bonds is 5. The van der Waals surface area contributed by atoms with Crippen molar-refractivity contribution in [3.05, 3.63) is 12.2 Å². The van der Waals surface area contributed by atoms with Gasteiger partial charge in [-0.15, -0.1) is 0 Å². The van der Waals surface area contributed by atoms with Gasteiger partial charge in [-0.25, -0.2) is 9.79 Å². The Morgan fingerprint density at radius 3 is 2.90 bits per heavy atom. The lowest BCUT2D eigenvalue weighted by molar-refractivity contribution is 0.564. The molecule has 10 heavy (non-hydrogen) atoms. The van der Waals surface area contributed by atoms with E-state index in [9.17, 15) is 4.79 Å². The first kappa shape index (κ1) is 9.12. The molecule has 0 aliphatic rings. The van der Waals surface area contributed by atoms with Gasteiger partial charge in [-0.2, -0.15) is 0 Å². The number of aliphatic imine (C=N–C) groups is 1. The fourth-order valence-corrected chi connectivity index (χ4v) is 0.604. The number of nitrogens with zero attached hydrogens (tertiary/aromatic N) is 1. The summed E-state index contributed by atoms with van der Waals surface area (Å²) in [6, 6.07) is 0. The summed E-state index contributed by atoms with van der Waals surface area (Å²) in [4.78, 5) is 12.9. The van der Waals surface area contributed by atoms with Crippen molar-refractivity contribution in [2.75, 3.05) is 6.54 Å². The van der Waals surface area contributed by atoms with E-state index in [4.69, 9.17) is 0 Å². The van der Waals surface area contributed by atoms with Crippen LogP contribution in [0.5, 0.6) is 0 Å². The summed E-state index contributed by atoms with van der Waals surface area (Å²) in [6.45, 7) is 2.63. The zero-order chi connectivity index (χ0) is 7.66. The van der Waals surface area contributed by atoms with E-state index in [2.05, 4.69) is 11.9 Å². The van der Waals surface area contributed by atoms with Crippen LogP contribution >= 0.6 is 0 Å². The number of carbonyl (C=O) groups excluding carboxylic acids is 1. The van der Waals surface area contributed by atoms with Crippen molar-refractivity contribution in [2.24, 2.45) is 4.99 Å². The molecular weight excluding hydrogens is 126 g/mol. The second kappa shape index (κ2) is 8.12. The van der Waals surface area contributed by atoms with Gasteiger partial charge in [0.1, 0.15) is 0 Å². The molecule has 0 amide bonds. The summed E-state index contributed by atoms with van der Waals surface area (Å²) in [5.74, 6) is 0. The van der Waals surface area contributed by atoms with E-state index in [0.717, 1.165) is 6.42 Å². The third-order valence-electron chi connectivity index (χ3n) is 1.15. The predicted octanol–water partition coefficient (Wildman–Crippen LogP) is 2.07. The highest BCUT2D eigenvalue weighted by Crippen LogP contribution is 1.94. The fraction of sp³-hybridized carbons (Fsp3) is 0.625. The van der Waals surface area contributed by atoms with E-state index in [-0.39, 0.29) is 0 Å². The molecule has 0 aromatic heterocycles. The molecule has 0 radical (unpaired) electrons. The Bertz CT molecular complexity index is 134. The molecule has 0 atom stereocenters. The molecule has 0 saturated heterocycles. The van der Waals surface area contributed by atoms with Gasteiger partial charge in [0.25, 0.3) is 0 Å². The van der Waals surface area contributed by atoms with E-state index in [1.54, 1.807) is 0 Å². The van der Waals surface area contributed by atoms with E-state index >= 15 is 0 Å². The van der Waals surface area contributed by atoms with Gasteiger partial charge in [0.05, 0.1) is 6.54 Å². The fourth-order valence-electron chi connectivity index (χ4n) is 0.604. The molecule has 0 heterocycles. The van der Waals surface area contributed by atoms with Crippen LogP contribution in [0.15, 0.2) is 17.1 Å². The van der Waals surface area contributed by atoms with Crippen molar-refractivity contribution in [1.82, 2.24) is 0 Å². The van der Waals surface area contributed by atoms with Crippen molar-refractivity contribution in [2.45, 2.75) is 26.2 Å². The minimum atomic E-state index is 0.479. The Labute approximate surface area is 61.7 Å². The van der Waals surface area contributed by atoms with Gasteiger partial charge in [0.15, 0.2) is 0 Å². The molecule has 2 heteroatoms. The molecule has 0 aliphatic carbocycles. The van der Waals surface area contributed by atoms with Crippen LogP contribution in [0.1, 0.15) is 26.2 Å². The van der Waals surface area contributed by atoms with Gasteiger partial charge >= 0.3 is 0 Å². The zero-order valence-corrected chi connectivity index (χ0v) is 6.34. The van der Waals surface area contributed by atoms with Crippen molar-refractivity contribution in [3.8, 4) is 0 Å². The first-order valence-electron chi connectivity index (χ1n) is 3.60. The first-order chi connectivity index (χ1) is 4.91. The third kappa shape index (κ3) is 7.12. The summed E-state index contributed by atoms with van der Waals surface area (Å²) in [7, 11) is 0. The maximum atomic E-state index is 9.57. The second-order valence-electron chi connectivity index (χ2n) is 2.05. The maximum Gasteiger partial charge on any atom is 0.235 e. The summed E-state index contributed by atoms with van der Waals surface area (Å²) in [5.41, 5.74) is 0. The molecule has 0 rings (SSSR count). The van der Waals surface area contributed by atoms with Gasteiger partial charge in [-0.05, 0) is 6.42 Å². The molecular formula is C8H13NO. The summed E-state index contributed by atoms with van der Waals surface area (Å²) >= 11 is 0. The molecule has 2 nitrogen and oxygen atoms in total. The topological polar surface area (TPSA) is 29.4 Å². The Hall–Kier alpha value is -0.880. The highest BCUT2D eigenvalue weighted by atomic mass is 16.1. The smallest absolute Gasteiger partial charge is 0.211 e. The minimum Gasteiger partial charge on any atom is -0.211 e. The normalized spacial score (nSPS) is 9.70. The highest BCUT2D eigenvalue weighted by Gasteiger charge is 1.76. The first-order valence-corrected chi connectivity index (χ1v) is 3.60. The number of hydrogen-bond donors (Lipinski definition) is 0. The van der Waals surface area contributed by atoms with Crippen LogP contribution in [0.25, 0.3) is 0 Å². The van der Waals surface area contributed by atoms with E-state index in [1.165, 1.54) is 18.9 Å². The Kier molecular flexibility index (Phi) is 7.41.